The van der Waals surface area contributed by atoms with Gasteiger partial charge in [-0.05, 0) is 24.1 Å². The molecule has 2 heteroatoms. The first-order valence-corrected chi connectivity index (χ1v) is 15.3. The SMILES string of the molecule is C[Si](C)(C)C1=CC=CC1[C@@H](c1ccccc1)P(c1ccccc1)c1ccccc1. The highest BCUT2D eigenvalue weighted by atomic mass is 31.1. The smallest absolute Gasteiger partial charge is 0.0732 e. The van der Waals surface area contributed by atoms with Crippen LogP contribution in [0.2, 0.25) is 19.6 Å². The average molecular weight is 413 g/mol. The minimum absolute atomic E-state index is 0.438. The molecule has 0 saturated carbocycles. The van der Waals surface area contributed by atoms with E-state index in [-0.39, 0.29) is 0 Å². The van der Waals surface area contributed by atoms with E-state index in [1.165, 1.54) is 16.2 Å². The monoisotopic (exact) mass is 412 g/mol. The normalized spacial score (nSPS) is 17.4. The van der Waals surface area contributed by atoms with E-state index in [1.807, 2.05) is 0 Å². The van der Waals surface area contributed by atoms with E-state index < -0.39 is 16.0 Å². The fourth-order valence-electron chi connectivity index (χ4n) is 4.33. The molecule has 0 amide bonds. The van der Waals surface area contributed by atoms with Crippen molar-refractivity contribution in [3.05, 3.63) is 120 Å². The Bertz CT molecular complexity index is 945. The van der Waals surface area contributed by atoms with Crippen LogP contribution in [-0.2, 0) is 0 Å². The first-order valence-electron chi connectivity index (χ1n) is 10.4. The molecule has 29 heavy (non-hydrogen) atoms. The van der Waals surface area contributed by atoms with Gasteiger partial charge in [-0.3, -0.25) is 0 Å². The van der Waals surface area contributed by atoms with E-state index in [0.717, 1.165) is 0 Å². The maximum atomic E-state index is 2.48. The lowest BCUT2D eigenvalue weighted by atomic mass is 10.00. The Morgan fingerprint density at radius 2 is 1.17 bits per heavy atom. The number of hydrogen-bond acceptors (Lipinski definition) is 0. The Balaban J connectivity index is 1.91. The summed E-state index contributed by atoms with van der Waals surface area (Å²) in [6.45, 7) is 7.44. The van der Waals surface area contributed by atoms with Crippen LogP contribution < -0.4 is 10.6 Å². The zero-order chi connectivity index (χ0) is 20.3. The Labute approximate surface area is 177 Å². The Hall–Kier alpha value is -2.21. The summed E-state index contributed by atoms with van der Waals surface area (Å²) in [5.74, 6) is 0.468. The summed E-state index contributed by atoms with van der Waals surface area (Å²) in [5.41, 5.74) is 1.89. The highest BCUT2D eigenvalue weighted by Gasteiger charge is 2.38. The van der Waals surface area contributed by atoms with Crippen LogP contribution in [0, 0.1) is 5.92 Å². The highest BCUT2D eigenvalue weighted by molar-refractivity contribution is 7.73. The molecule has 0 heterocycles. The van der Waals surface area contributed by atoms with Crippen molar-refractivity contribution in [2.45, 2.75) is 25.3 Å². The van der Waals surface area contributed by atoms with Gasteiger partial charge in [0.05, 0.1) is 8.07 Å². The maximum Gasteiger partial charge on any atom is 0.0732 e. The molecule has 0 fully saturated rings. The minimum atomic E-state index is -1.42. The summed E-state index contributed by atoms with van der Waals surface area (Å²) in [6, 6.07) is 33.5. The summed E-state index contributed by atoms with van der Waals surface area (Å²) < 4.78 is 0. The van der Waals surface area contributed by atoms with Gasteiger partial charge in [-0.1, -0.05) is 134 Å². The van der Waals surface area contributed by atoms with Gasteiger partial charge >= 0.3 is 0 Å². The van der Waals surface area contributed by atoms with Gasteiger partial charge in [0.15, 0.2) is 0 Å². The second-order valence-corrected chi connectivity index (χ2v) is 16.1. The predicted octanol–water partition coefficient (Wildman–Crippen LogP) is 6.85. The summed E-state index contributed by atoms with van der Waals surface area (Å²) >= 11 is 0. The molecule has 0 aromatic heterocycles. The zero-order valence-corrected chi connectivity index (χ0v) is 19.4. The molecule has 0 bridgehead atoms. The number of hydrogen-bond donors (Lipinski definition) is 0. The number of allylic oxidation sites excluding steroid dienone is 4. The van der Waals surface area contributed by atoms with Gasteiger partial charge in [0.2, 0.25) is 0 Å². The lowest BCUT2D eigenvalue weighted by Gasteiger charge is -2.37. The van der Waals surface area contributed by atoms with Crippen molar-refractivity contribution >= 4 is 26.6 Å². The molecule has 4 rings (SSSR count). The maximum absolute atomic E-state index is 2.48. The van der Waals surface area contributed by atoms with Crippen LogP contribution in [0.1, 0.15) is 11.2 Å². The molecule has 0 saturated heterocycles. The Kier molecular flexibility index (Phi) is 5.99. The summed E-state index contributed by atoms with van der Waals surface area (Å²) in [4.78, 5) is 0. The van der Waals surface area contributed by atoms with Crippen molar-refractivity contribution in [1.82, 2.24) is 0 Å². The lowest BCUT2D eigenvalue weighted by molar-refractivity contribution is 0.766. The Morgan fingerprint density at radius 1 is 0.690 bits per heavy atom. The zero-order valence-electron chi connectivity index (χ0n) is 17.5. The van der Waals surface area contributed by atoms with Gasteiger partial charge in [0.1, 0.15) is 0 Å². The van der Waals surface area contributed by atoms with Gasteiger partial charge in [-0.15, -0.1) is 0 Å². The van der Waals surface area contributed by atoms with Crippen LogP contribution in [0.25, 0.3) is 0 Å². The van der Waals surface area contributed by atoms with Gasteiger partial charge in [0.25, 0.3) is 0 Å². The molecule has 0 spiro atoms. The molecule has 0 aliphatic heterocycles. The molecule has 1 aliphatic carbocycles. The fourth-order valence-corrected chi connectivity index (χ4v) is 9.31. The topological polar surface area (TPSA) is 0 Å². The van der Waals surface area contributed by atoms with Crippen molar-refractivity contribution < 1.29 is 0 Å². The molecule has 146 valence electrons. The molecular formula is C27H29PSi. The van der Waals surface area contributed by atoms with Crippen molar-refractivity contribution in [3.8, 4) is 0 Å². The second kappa shape index (κ2) is 8.65. The summed E-state index contributed by atoms with van der Waals surface area (Å²) in [6.07, 6.45) is 7.18. The molecule has 2 atom stereocenters. The largest absolute Gasteiger partial charge is 0.0767 e. The van der Waals surface area contributed by atoms with Crippen LogP contribution in [0.3, 0.4) is 0 Å². The Morgan fingerprint density at radius 3 is 1.66 bits per heavy atom. The number of rotatable bonds is 6. The van der Waals surface area contributed by atoms with Gasteiger partial charge < -0.3 is 0 Å². The third-order valence-corrected chi connectivity index (χ3v) is 10.8. The molecule has 1 unspecified atom stereocenters. The van der Waals surface area contributed by atoms with Crippen LogP contribution in [-0.4, -0.2) is 8.07 Å². The van der Waals surface area contributed by atoms with Crippen LogP contribution >= 0.6 is 7.92 Å². The molecule has 3 aromatic rings. The molecule has 0 nitrogen and oxygen atoms in total. The van der Waals surface area contributed by atoms with Crippen LogP contribution in [0.4, 0.5) is 0 Å². The van der Waals surface area contributed by atoms with Crippen molar-refractivity contribution in [2.75, 3.05) is 0 Å². The molecule has 0 radical (unpaired) electrons. The molecule has 1 aliphatic rings. The van der Waals surface area contributed by atoms with Gasteiger partial charge in [-0.25, -0.2) is 0 Å². The third kappa shape index (κ3) is 4.37. The van der Waals surface area contributed by atoms with E-state index in [4.69, 9.17) is 0 Å². The predicted molar refractivity (Wildman–Crippen MR) is 132 cm³/mol. The van der Waals surface area contributed by atoms with Gasteiger partial charge in [0, 0.05) is 11.6 Å². The van der Waals surface area contributed by atoms with Crippen molar-refractivity contribution in [1.29, 1.82) is 0 Å². The first-order chi connectivity index (χ1) is 14.1. The van der Waals surface area contributed by atoms with Crippen molar-refractivity contribution in [2.24, 2.45) is 5.92 Å². The number of benzene rings is 3. The lowest BCUT2D eigenvalue weighted by Crippen LogP contribution is -2.31. The molecule has 0 N–H and O–H groups in total. The fraction of sp³-hybridized carbons (Fsp3) is 0.185. The first kappa shape index (κ1) is 20.1. The summed E-state index contributed by atoms with van der Waals surface area (Å²) in [7, 11) is -1.97. The third-order valence-electron chi connectivity index (χ3n) is 5.65. The quantitative estimate of drug-likeness (QED) is 0.307. The van der Waals surface area contributed by atoms with E-state index in [0.29, 0.717) is 11.6 Å². The van der Waals surface area contributed by atoms with E-state index in [9.17, 15) is 0 Å². The second-order valence-electron chi connectivity index (χ2n) is 8.68. The minimum Gasteiger partial charge on any atom is -0.0767 e. The van der Waals surface area contributed by atoms with E-state index in [2.05, 4.69) is 129 Å². The van der Waals surface area contributed by atoms with Crippen LogP contribution in [0.5, 0.6) is 0 Å². The van der Waals surface area contributed by atoms with Crippen LogP contribution in [0.15, 0.2) is 114 Å². The highest BCUT2D eigenvalue weighted by Crippen LogP contribution is 2.57. The van der Waals surface area contributed by atoms with E-state index in [1.54, 1.807) is 5.20 Å². The average Bonchev–Trinajstić information content (AvgIpc) is 3.24. The standard InChI is InChI=1S/C27H29PSi/c1-29(2,3)26-21-13-20-25(26)27(22-14-7-4-8-15-22)28(23-16-9-5-10-17-23)24-18-11-6-12-19-24/h4-21,25,27H,1-3H3/t25?,27-/m1/s1. The van der Waals surface area contributed by atoms with E-state index >= 15 is 0 Å². The molecule has 3 aromatic carbocycles. The van der Waals surface area contributed by atoms with Gasteiger partial charge in [-0.2, -0.15) is 0 Å². The van der Waals surface area contributed by atoms with Crippen molar-refractivity contribution in [3.63, 3.8) is 0 Å². The molecular weight excluding hydrogens is 383 g/mol. The summed E-state index contributed by atoms with van der Waals surface area (Å²) in [5, 5.41) is 4.58.